The highest BCUT2D eigenvalue weighted by Crippen LogP contribution is 2.40. The smallest absolute Gasteiger partial charge is 0.271 e. The van der Waals surface area contributed by atoms with E-state index in [-0.39, 0.29) is 28.0 Å². The summed E-state index contributed by atoms with van der Waals surface area (Å²) in [5.41, 5.74) is 1.96. The standard InChI is InChI=1S/C31H30ClN3O5S/c1-6-34(7-2)30(38)25-17(3)33-31-35(27(25)26-20-11-9-8-10-19(20)12-13-22(26)39-4)29(37)24(41-31)16-18-14-21(32)28(36)23(15-18)40-5/h8-16,27,36H,6-7H2,1-5H3/b24-16+/t27-/m0/s1. The molecule has 3 aromatic carbocycles. The zero-order valence-corrected chi connectivity index (χ0v) is 25.0. The number of benzene rings is 3. The minimum absolute atomic E-state index is 0.102. The second kappa shape index (κ2) is 11.4. The predicted molar refractivity (Wildman–Crippen MR) is 162 cm³/mol. The van der Waals surface area contributed by atoms with Gasteiger partial charge >= 0.3 is 0 Å². The molecule has 212 valence electrons. The fourth-order valence-electron chi connectivity index (χ4n) is 5.27. The van der Waals surface area contributed by atoms with Gasteiger partial charge in [-0.25, -0.2) is 4.99 Å². The van der Waals surface area contributed by atoms with Crippen LogP contribution in [0.25, 0.3) is 16.8 Å². The molecule has 0 unspecified atom stereocenters. The number of fused-ring (bicyclic) bond motifs is 2. The summed E-state index contributed by atoms with van der Waals surface area (Å²) in [4.78, 5) is 35.2. The molecule has 1 aromatic heterocycles. The number of thiazole rings is 1. The lowest BCUT2D eigenvalue weighted by atomic mass is 9.90. The van der Waals surface area contributed by atoms with Gasteiger partial charge in [0.05, 0.1) is 35.0 Å². The third-order valence-electron chi connectivity index (χ3n) is 7.30. The lowest BCUT2D eigenvalue weighted by molar-refractivity contribution is -0.127. The number of hydrogen-bond donors (Lipinski definition) is 1. The van der Waals surface area contributed by atoms with E-state index in [1.807, 2.05) is 57.2 Å². The average Bonchev–Trinajstić information content (AvgIpc) is 3.27. The number of carbonyl (C=O) groups excluding carboxylic acids is 1. The predicted octanol–water partition coefficient (Wildman–Crippen LogP) is 4.63. The number of amides is 1. The summed E-state index contributed by atoms with van der Waals surface area (Å²) in [5, 5.41) is 12.1. The summed E-state index contributed by atoms with van der Waals surface area (Å²) in [6.07, 6.45) is 1.68. The Labute approximate surface area is 246 Å². The highest BCUT2D eigenvalue weighted by atomic mass is 35.5. The van der Waals surface area contributed by atoms with Crippen LogP contribution < -0.4 is 24.4 Å². The zero-order valence-electron chi connectivity index (χ0n) is 23.4. The number of hydrogen-bond acceptors (Lipinski definition) is 7. The molecule has 0 spiro atoms. The SMILES string of the molecule is CCN(CC)C(=O)C1=C(C)N=c2s/c(=C/c3cc(Cl)c(O)c(OC)c3)c(=O)n2[C@@H]1c1c(OC)ccc2ccccc12. The first-order valence-electron chi connectivity index (χ1n) is 13.2. The van der Waals surface area contributed by atoms with Crippen molar-refractivity contribution < 1.29 is 19.4 Å². The molecule has 1 atom stereocenters. The Morgan fingerprint density at radius 3 is 2.51 bits per heavy atom. The van der Waals surface area contributed by atoms with Crippen LogP contribution in [0.1, 0.15) is 37.9 Å². The highest BCUT2D eigenvalue weighted by Gasteiger charge is 2.36. The van der Waals surface area contributed by atoms with Crippen LogP contribution in [0.4, 0.5) is 0 Å². The van der Waals surface area contributed by atoms with Crippen LogP contribution in [0.2, 0.25) is 5.02 Å². The molecule has 10 heteroatoms. The van der Waals surface area contributed by atoms with Gasteiger partial charge < -0.3 is 19.5 Å². The van der Waals surface area contributed by atoms with E-state index in [9.17, 15) is 14.7 Å². The fourth-order valence-corrected chi connectivity index (χ4v) is 6.53. The minimum Gasteiger partial charge on any atom is -0.503 e. The van der Waals surface area contributed by atoms with Crippen molar-refractivity contribution in [2.75, 3.05) is 27.3 Å². The normalized spacial score (nSPS) is 15.1. The Morgan fingerprint density at radius 1 is 1.12 bits per heavy atom. The molecule has 1 amide bonds. The number of carbonyl (C=O) groups is 1. The second-order valence-corrected chi connectivity index (χ2v) is 10.9. The van der Waals surface area contributed by atoms with Crippen molar-refractivity contribution in [3.8, 4) is 17.2 Å². The van der Waals surface area contributed by atoms with Crippen molar-refractivity contribution in [2.45, 2.75) is 26.8 Å². The van der Waals surface area contributed by atoms with Crippen LogP contribution in [0, 0.1) is 0 Å². The van der Waals surface area contributed by atoms with E-state index in [4.69, 9.17) is 26.1 Å². The summed E-state index contributed by atoms with van der Waals surface area (Å²) in [7, 11) is 3.01. The van der Waals surface area contributed by atoms with Gasteiger partial charge in [0.1, 0.15) is 11.8 Å². The third kappa shape index (κ3) is 4.89. The van der Waals surface area contributed by atoms with Crippen LogP contribution in [-0.2, 0) is 4.79 Å². The summed E-state index contributed by atoms with van der Waals surface area (Å²) in [6, 6.07) is 14.1. The maximum Gasteiger partial charge on any atom is 0.271 e. The Kier molecular flexibility index (Phi) is 7.93. The van der Waals surface area contributed by atoms with Crippen LogP contribution in [-0.4, -0.2) is 47.8 Å². The summed E-state index contributed by atoms with van der Waals surface area (Å²) in [6.45, 7) is 6.69. The number of nitrogens with zero attached hydrogens (tertiary/aromatic N) is 3. The first-order chi connectivity index (χ1) is 19.7. The summed E-state index contributed by atoms with van der Waals surface area (Å²) >= 11 is 7.43. The molecule has 0 radical (unpaired) electrons. The molecule has 1 N–H and O–H groups in total. The maximum atomic E-state index is 14.2. The van der Waals surface area contributed by atoms with Gasteiger partial charge in [0.15, 0.2) is 16.3 Å². The number of allylic oxidation sites excluding steroid dienone is 1. The molecule has 41 heavy (non-hydrogen) atoms. The summed E-state index contributed by atoms with van der Waals surface area (Å²) in [5.74, 6) is 0.405. The van der Waals surface area contributed by atoms with Crippen molar-refractivity contribution >= 4 is 45.7 Å². The lowest BCUT2D eigenvalue weighted by Gasteiger charge is -2.30. The largest absolute Gasteiger partial charge is 0.503 e. The maximum absolute atomic E-state index is 14.2. The summed E-state index contributed by atoms with van der Waals surface area (Å²) < 4.78 is 13.1. The number of aromatic nitrogens is 1. The van der Waals surface area contributed by atoms with E-state index in [1.165, 1.54) is 18.4 Å². The molecule has 0 saturated carbocycles. The Balaban J connectivity index is 1.84. The molecule has 2 heterocycles. The molecule has 4 aromatic rings. The van der Waals surface area contributed by atoms with E-state index in [0.717, 1.165) is 16.3 Å². The highest BCUT2D eigenvalue weighted by molar-refractivity contribution is 7.07. The number of ether oxygens (including phenoxy) is 2. The number of aromatic hydroxyl groups is 1. The molecule has 5 rings (SSSR count). The first kappa shape index (κ1) is 28.4. The van der Waals surface area contributed by atoms with Gasteiger partial charge in [-0.05, 0) is 61.4 Å². The molecule has 0 saturated heterocycles. The number of rotatable bonds is 7. The van der Waals surface area contributed by atoms with Crippen molar-refractivity contribution in [3.05, 3.63) is 95.6 Å². The van der Waals surface area contributed by atoms with Crippen LogP contribution in [0.3, 0.4) is 0 Å². The van der Waals surface area contributed by atoms with Crippen LogP contribution in [0.5, 0.6) is 17.2 Å². The second-order valence-electron chi connectivity index (χ2n) is 9.52. The Morgan fingerprint density at radius 2 is 1.83 bits per heavy atom. The van der Waals surface area contributed by atoms with Gasteiger partial charge in [-0.3, -0.25) is 14.2 Å². The van der Waals surface area contributed by atoms with Crippen LogP contribution in [0.15, 0.2) is 69.6 Å². The van der Waals surface area contributed by atoms with Gasteiger partial charge in [0, 0.05) is 18.7 Å². The van der Waals surface area contributed by atoms with Crippen LogP contribution >= 0.6 is 22.9 Å². The van der Waals surface area contributed by atoms with Crippen molar-refractivity contribution in [1.82, 2.24) is 9.47 Å². The zero-order chi connectivity index (χ0) is 29.4. The number of phenolic OH excluding ortho intramolecular Hbond substituents is 1. The number of methoxy groups -OCH3 is 2. The number of likely N-dealkylation sites (N-methyl/N-ethyl adjacent to an activating group) is 1. The molecular weight excluding hydrogens is 562 g/mol. The number of phenols is 1. The van der Waals surface area contributed by atoms with Crippen molar-refractivity contribution in [2.24, 2.45) is 4.99 Å². The lowest BCUT2D eigenvalue weighted by Crippen LogP contribution is -2.43. The average molecular weight is 592 g/mol. The van der Waals surface area contributed by atoms with Gasteiger partial charge in [-0.1, -0.05) is 53.3 Å². The van der Waals surface area contributed by atoms with E-state index in [2.05, 4.69) is 0 Å². The molecule has 0 bridgehead atoms. The van der Waals surface area contributed by atoms with E-state index < -0.39 is 6.04 Å². The Hall–Kier alpha value is -4.08. The monoisotopic (exact) mass is 591 g/mol. The van der Waals surface area contributed by atoms with Gasteiger partial charge in [0.2, 0.25) is 0 Å². The van der Waals surface area contributed by atoms with Gasteiger partial charge in [-0.2, -0.15) is 0 Å². The quantitative estimate of drug-likeness (QED) is 0.338. The van der Waals surface area contributed by atoms with Crippen molar-refractivity contribution in [1.29, 1.82) is 0 Å². The number of halogens is 1. The fraction of sp³-hybridized carbons (Fsp3) is 0.258. The van der Waals surface area contributed by atoms with Gasteiger partial charge in [0.25, 0.3) is 11.5 Å². The Bertz CT molecular complexity index is 1890. The molecule has 8 nitrogen and oxygen atoms in total. The van der Waals surface area contributed by atoms with E-state index >= 15 is 0 Å². The topological polar surface area (TPSA) is 93.4 Å². The third-order valence-corrected chi connectivity index (χ3v) is 8.57. The molecule has 0 fully saturated rings. The minimum atomic E-state index is -0.777. The van der Waals surface area contributed by atoms with E-state index in [1.54, 1.807) is 34.8 Å². The molecule has 0 aliphatic carbocycles. The van der Waals surface area contributed by atoms with E-state index in [0.29, 0.717) is 45.0 Å². The molecule has 1 aliphatic heterocycles. The van der Waals surface area contributed by atoms with Crippen molar-refractivity contribution in [3.63, 3.8) is 0 Å². The first-order valence-corrected chi connectivity index (χ1v) is 14.4. The molecular formula is C31H30ClN3O5S. The molecule has 1 aliphatic rings. The van der Waals surface area contributed by atoms with Gasteiger partial charge in [-0.15, -0.1) is 0 Å².